The van der Waals surface area contributed by atoms with Gasteiger partial charge in [0.2, 0.25) is 0 Å². The minimum absolute atomic E-state index is 0.114. The Labute approximate surface area is 320 Å². The highest BCUT2D eigenvalue weighted by atomic mass is 79.9. The Hall–Kier alpha value is -4.26. The zero-order valence-corrected chi connectivity index (χ0v) is 32.4. The quantitative estimate of drug-likeness (QED) is 0.0949. The van der Waals surface area contributed by atoms with Crippen LogP contribution in [0.25, 0.3) is 0 Å². The van der Waals surface area contributed by atoms with E-state index in [1.54, 1.807) is 0 Å². The Bertz CT molecular complexity index is 1880. The average molecular weight is 903 g/mol. The number of anilines is 3. The van der Waals surface area contributed by atoms with Gasteiger partial charge in [0, 0.05) is 25.8 Å². The lowest BCUT2D eigenvalue weighted by Crippen LogP contribution is -2.50. The van der Waals surface area contributed by atoms with Crippen LogP contribution in [0.3, 0.4) is 0 Å². The van der Waals surface area contributed by atoms with Gasteiger partial charge in [0.15, 0.2) is 11.7 Å². The SMILES string of the molecule is CC(C)(C)OC(=O)C(CN(C(=O)c1cccc(N)c1)c1cccc(C(=O)Nc2c(Br)cc(C(F)(C(F)(F)F)C(F)(F)F)cc2Br)c1F)C(=O)OC(C)(C)C. The normalized spacial score (nSPS) is 12.7. The molecular weight excluding hydrogens is 870 g/mol. The summed E-state index contributed by atoms with van der Waals surface area (Å²) < 4.78 is 121. The van der Waals surface area contributed by atoms with Gasteiger partial charge in [-0.25, -0.2) is 8.78 Å². The Morgan fingerprint density at radius 1 is 0.778 bits per heavy atom. The minimum atomic E-state index is -6.43. The first-order valence-corrected chi connectivity index (χ1v) is 17.1. The molecule has 0 spiro atoms. The number of hydrogen-bond donors (Lipinski definition) is 2. The van der Waals surface area contributed by atoms with Crippen LogP contribution in [0.1, 0.15) is 67.8 Å². The molecule has 0 aliphatic carbocycles. The van der Waals surface area contributed by atoms with Crippen molar-refractivity contribution in [1.82, 2.24) is 0 Å². The Morgan fingerprint density at radius 2 is 1.26 bits per heavy atom. The zero-order valence-electron chi connectivity index (χ0n) is 29.2. The Kier molecular flexibility index (Phi) is 12.9. The number of halogens is 10. The van der Waals surface area contributed by atoms with E-state index in [1.807, 2.05) is 0 Å². The number of esters is 2. The van der Waals surface area contributed by atoms with E-state index >= 15 is 4.39 Å². The van der Waals surface area contributed by atoms with Gasteiger partial charge < -0.3 is 25.4 Å². The fourth-order valence-corrected chi connectivity index (χ4v) is 6.14. The maximum atomic E-state index is 16.5. The highest BCUT2D eigenvalue weighted by molar-refractivity contribution is 9.11. The third-order valence-corrected chi connectivity index (χ3v) is 8.35. The fraction of sp³-hybridized carbons (Fsp3) is 0.371. The lowest BCUT2D eigenvalue weighted by atomic mass is 9.94. The molecule has 0 heterocycles. The second-order valence-corrected chi connectivity index (χ2v) is 15.4. The van der Waals surface area contributed by atoms with Crippen molar-refractivity contribution in [2.45, 2.75) is 70.8 Å². The minimum Gasteiger partial charge on any atom is -0.459 e. The van der Waals surface area contributed by atoms with Gasteiger partial charge in [-0.05, 0) is 116 Å². The lowest BCUT2D eigenvalue weighted by molar-refractivity contribution is -0.348. The summed E-state index contributed by atoms with van der Waals surface area (Å²) in [5, 5.41) is 2.13. The topological polar surface area (TPSA) is 128 Å². The molecule has 3 N–H and O–H groups in total. The molecule has 0 aliphatic rings. The molecule has 0 unspecified atom stereocenters. The smallest absolute Gasteiger partial charge is 0.435 e. The van der Waals surface area contributed by atoms with Crippen molar-refractivity contribution in [1.29, 1.82) is 0 Å². The van der Waals surface area contributed by atoms with Gasteiger partial charge in [-0.1, -0.05) is 12.1 Å². The number of benzene rings is 3. The van der Waals surface area contributed by atoms with Gasteiger partial charge in [-0.3, -0.25) is 19.2 Å². The van der Waals surface area contributed by atoms with Crippen molar-refractivity contribution >= 4 is 72.7 Å². The van der Waals surface area contributed by atoms with Crippen LogP contribution in [0.15, 0.2) is 63.5 Å². The van der Waals surface area contributed by atoms with Gasteiger partial charge in [-0.15, -0.1) is 0 Å². The third-order valence-electron chi connectivity index (χ3n) is 7.10. The van der Waals surface area contributed by atoms with E-state index in [-0.39, 0.29) is 23.4 Å². The van der Waals surface area contributed by atoms with E-state index in [9.17, 15) is 49.9 Å². The van der Waals surface area contributed by atoms with Crippen molar-refractivity contribution in [3.8, 4) is 0 Å². The lowest BCUT2D eigenvalue weighted by Gasteiger charge is -2.31. The molecule has 0 aromatic heterocycles. The van der Waals surface area contributed by atoms with Crippen LogP contribution in [-0.4, -0.2) is 53.9 Å². The van der Waals surface area contributed by atoms with Gasteiger partial charge in [0.1, 0.15) is 11.2 Å². The molecule has 54 heavy (non-hydrogen) atoms. The van der Waals surface area contributed by atoms with Crippen molar-refractivity contribution in [2.24, 2.45) is 5.92 Å². The highest BCUT2D eigenvalue weighted by Gasteiger charge is 2.73. The van der Waals surface area contributed by atoms with Crippen molar-refractivity contribution in [2.75, 3.05) is 22.5 Å². The van der Waals surface area contributed by atoms with E-state index in [0.717, 1.165) is 18.2 Å². The van der Waals surface area contributed by atoms with Crippen LogP contribution in [0, 0.1) is 11.7 Å². The summed E-state index contributed by atoms with van der Waals surface area (Å²) in [6.45, 7) is 8.19. The van der Waals surface area contributed by atoms with E-state index in [4.69, 9.17) is 15.2 Å². The molecule has 0 bridgehead atoms. The molecule has 2 amide bonds. The number of ether oxygens (including phenoxy) is 2. The number of nitrogens with zero attached hydrogens (tertiary/aromatic N) is 1. The fourth-order valence-electron chi connectivity index (χ4n) is 4.76. The second kappa shape index (κ2) is 15.8. The van der Waals surface area contributed by atoms with Gasteiger partial charge >= 0.3 is 30.0 Å². The molecule has 0 radical (unpaired) electrons. The first-order chi connectivity index (χ1) is 24.5. The number of carbonyl (C=O) groups excluding carboxylic acids is 4. The first-order valence-electron chi connectivity index (χ1n) is 15.5. The number of alkyl halides is 7. The number of nitrogens with two attached hydrogens (primary N) is 1. The summed E-state index contributed by atoms with van der Waals surface area (Å²) in [5.74, 6) is -7.90. The van der Waals surface area contributed by atoms with Crippen molar-refractivity contribution in [3.63, 3.8) is 0 Å². The van der Waals surface area contributed by atoms with Crippen LogP contribution in [0.4, 0.5) is 52.2 Å². The molecule has 0 saturated heterocycles. The van der Waals surface area contributed by atoms with E-state index in [1.165, 1.54) is 65.8 Å². The average Bonchev–Trinajstić information content (AvgIpc) is 2.99. The summed E-state index contributed by atoms with van der Waals surface area (Å²) in [4.78, 5) is 54.9. The molecule has 9 nitrogen and oxygen atoms in total. The van der Waals surface area contributed by atoms with E-state index in [2.05, 4.69) is 37.2 Å². The molecule has 3 aromatic carbocycles. The molecule has 19 heteroatoms. The molecule has 0 fully saturated rings. The van der Waals surface area contributed by atoms with Crippen molar-refractivity contribution in [3.05, 3.63) is 86.1 Å². The number of nitrogens with one attached hydrogen (secondary N) is 1. The summed E-state index contributed by atoms with van der Waals surface area (Å²) in [6, 6.07) is 8.74. The molecule has 0 saturated carbocycles. The monoisotopic (exact) mass is 901 g/mol. The van der Waals surface area contributed by atoms with Crippen molar-refractivity contribution < 1.29 is 63.8 Å². The molecule has 3 aromatic rings. The predicted octanol–water partition coefficient (Wildman–Crippen LogP) is 9.42. The molecule has 3 rings (SSSR count). The number of nitrogen functional groups attached to an aromatic ring is 1. The summed E-state index contributed by atoms with van der Waals surface area (Å²) in [6.07, 6.45) is -12.9. The molecule has 0 aliphatic heterocycles. The predicted molar refractivity (Wildman–Crippen MR) is 189 cm³/mol. The highest BCUT2D eigenvalue weighted by Crippen LogP contribution is 2.54. The summed E-state index contributed by atoms with van der Waals surface area (Å²) >= 11 is 5.47. The Morgan fingerprint density at radius 3 is 1.70 bits per heavy atom. The van der Waals surface area contributed by atoms with Crippen LogP contribution in [0.5, 0.6) is 0 Å². The Balaban J connectivity index is 2.16. The number of amides is 2. The third kappa shape index (κ3) is 10.1. The number of carbonyl (C=O) groups is 4. The summed E-state index contributed by atoms with van der Waals surface area (Å²) in [5.41, 5.74) is -6.11. The maximum Gasteiger partial charge on any atom is 0.435 e. The van der Waals surface area contributed by atoms with Crippen LogP contribution in [0.2, 0.25) is 0 Å². The number of rotatable bonds is 9. The zero-order chi connectivity index (χ0) is 41.4. The van der Waals surface area contributed by atoms with E-state index in [0.29, 0.717) is 4.90 Å². The standard InChI is InChI=1S/C35H33Br2F8N3O6/c1-31(2,3)53-29(51)21(30(52)54-32(4,5)6)16-48(28(50)17-9-7-10-19(46)13-17)24-12-8-11-20(25(24)38)27(49)47-26-22(36)14-18(15-23(26)37)33(39,34(40,41)42)35(43,44)45/h7-15,21H,16,46H2,1-6H3,(H,47,49). The molecule has 294 valence electrons. The van der Waals surface area contributed by atoms with Crippen LogP contribution >= 0.6 is 31.9 Å². The molecule has 0 atom stereocenters. The first kappa shape index (κ1) is 44.1. The van der Waals surface area contributed by atoms with Gasteiger partial charge in [0.05, 0.1) is 23.5 Å². The second-order valence-electron chi connectivity index (χ2n) is 13.7. The maximum absolute atomic E-state index is 16.5. The summed E-state index contributed by atoms with van der Waals surface area (Å²) in [7, 11) is 0. The largest absolute Gasteiger partial charge is 0.459 e. The van der Waals surface area contributed by atoms with E-state index < -0.39 is 103 Å². The number of hydrogen-bond acceptors (Lipinski definition) is 7. The van der Waals surface area contributed by atoms with Crippen LogP contribution < -0.4 is 16.0 Å². The van der Waals surface area contributed by atoms with Gasteiger partial charge in [-0.2, -0.15) is 26.3 Å². The van der Waals surface area contributed by atoms with Gasteiger partial charge in [0.25, 0.3) is 11.8 Å². The van der Waals surface area contributed by atoms with Crippen LogP contribution in [-0.2, 0) is 24.7 Å². The molecular formula is C35H33Br2F8N3O6.